The number of aromatic nitrogens is 1. The maximum Gasteiger partial charge on any atom is 0.405 e. The van der Waals surface area contributed by atoms with Crippen molar-refractivity contribution in [2.75, 3.05) is 40.5 Å². The second-order valence-electron chi connectivity index (χ2n) is 11.2. The molecule has 0 aliphatic carbocycles. The van der Waals surface area contributed by atoms with E-state index in [1.807, 2.05) is 80.2 Å². The molecule has 4 rings (SSSR count). The number of methoxy groups -OCH3 is 1. The van der Waals surface area contributed by atoms with Gasteiger partial charge >= 0.3 is 6.16 Å². The molecule has 0 spiro atoms. The molecule has 45 heavy (non-hydrogen) atoms. The second kappa shape index (κ2) is 12.8. The topological polar surface area (TPSA) is 167 Å². The van der Waals surface area contributed by atoms with Crippen LogP contribution in [0.25, 0.3) is 16.8 Å². The Bertz CT molecular complexity index is 1540. The van der Waals surface area contributed by atoms with E-state index in [1.54, 1.807) is 13.2 Å². The van der Waals surface area contributed by atoms with E-state index in [0.29, 0.717) is 33.2 Å². The van der Waals surface area contributed by atoms with Gasteiger partial charge in [-0.2, -0.15) is 0 Å². The van der Waals surface area contributed by atoms with Crippen molar-refractivity contribution in [3.8, 4) is 22.6 Å². The van der Waals surface area contributed by atoms with Crippen LogP contribution in [0.2, 0.25) is 0 Å². The molecule has 0 radical (unpaired) electrons. The first-order chi connectivity index (χ1) is 21.0. The van der Waals surface area contributed by atoms with Crippen LogP contribution in [0.4, 0.5) is 0 Å². The molecule has 0 saturated carbocycles. The lowest BCUT2D eigenvalue weighted by Crippen LogP contribution is -2.67. The van der Waals surface area contributed by atoms with Crippen molar-refractivity contribution < 1.29 is 49.3 Å². The molecule has 2 aliphatic rings. The highest BCUT2D eigenvalue weighted by Crippen LogP contribution is 2.45. The van der Waals surface area contributed by atoms with Gasteiger partial charge in [-0.05, 0) is 32.1 Å². The van der Waals surface area contributed by atoms with E-state index in [1.165, 1.54) is 0 Å². The van der Waals surface area contributed by atoms with Gasteiger partial charge in [0.1, 0.15) is 23.7 Å². The number of ether oxygens (including phenoxy) is 4. The number of amides is 1. The van der Waals surface area contributed by atoms with Crippen molar-refractivity contribution in [3.63, 3.8) is 0 Å². The first-order valence-electron chi connectivity index (χ1n) is 14.2. The SMILES string of the molecule is BC(O)(O)N(CC1(OC(O)(O)O)COC1)C(=O)C(=C)C1=C(N(C)C(/C=C\C)=C/C)c2cc(-c3ccn(C)c3)c(OC)cc2OC1. The van der Waals surface area contributed by atoms with Crippen LogP contribution in [0.3, 0.4) is 0 Å². The van der Waals surface area contributed by atoms with Crippen LogP contribution < -0.4 is 9.47 Å². The van der Waals surface area contributed by atoms with Gasteiger partial charge in [-0.3, -0.25) is 14.4 Å². The molecule has 3 heterocycles. The van der Waals surface area contributed by atoms with E-state index in [2.05, 4.69) is 6.58 Å². The van der Waals surface area contributed by atoms with Crippen molar-refractivity contribution >= 4 is 19.5 Å². The van der Waals surface area contributed by atoms with Gasteiger partial charge in [0.2, 0.25) is 7.85 Å². The highest BCUT2D eigenvalue weighted by Gasteiger charge is 2.50. The van der Waals surface area contributed by atoms with Crippen molar-refractivity contribution in [1.29, 1.82) is 0 Å². The molecular weight excluding hydrogens is 585 g/mol. The number of aryl methyl sites for hydroxylation is 1. The number of rotatable bonds is 12. The summed E-state index contributed by atoms with van der Waals surface area (Å²) in [6.45, 7) is 6.58. The zero-order valence-corrected chi connectivity index (χ0v) is 26.3. The van der Waals surface area contributed by atoms with E-state index in [4.69, 9.17) is 18.9 Å². The molecule has 2 aliphatic heterocycles. The molecule has 5 N–H and O–H groups in total. The summed E-state index contributed by atoms with van der Waals surface area (Å²) in [6, 6.07) is 5.64. The number of hydrogen-bond donors (Lipinski definition) is 5. The summed E-state index contributed by atoms with van der Waals surface area (Å²) < 4.78 is 23.8. The Morgan fingerprint density at radius 1 is 1.20 bits per heavy atom. The molecule has 1 aromatic heterocycles. The van der Waals surface area contributed by atoms with E-state index in [-0.39, 0.29) is 25.4 Å². The molecule has 0 bridgehead atoms. The lowest BCUT2D eigenvalue weighted by atomic mass is 9.91. The van der Waals surface area contributed by atoms with E-state index >= 15 is 0 Å². The van der Waals surface area contributed by atoms with Gasteiger partial charge in [0.15, 0.2) is 5.81 Å². The molecule has 1 aromatic carbocycles. The highest BCUT2D eigenvalue weighted by atomic mass is 16.9. The number of hydrogen-bond acceptors (Lipinski definition) is 11. The molecule has 0 atom stereocenters. The van der Waals surface area contributed by atoms with Gasteiger partial charge in [-0.15, -0.1) is 0 Å². The first kappa shape index (κ1) is 34.0. The predicted molar refractivity (Wildman–Crippen MR) is 167 cm³/mol. The van der Waals surface area contributed by atoms with Gasteiger partial charge in [0, 0.05) is 66.1 Å². The van der Waals surface area contributed by atoms with Crippen LogP contribution >= 0.6 is 0 Å². The molecule has 1 fully saturated rings. The standard InChI is InChI=1S/C31H40BN3O10/c1-7-9-21(8-2)34(5)27-23-12-22(20-10-11-33(4)14-20)25(42-6)13-26(23)44-15-24(27)19(3)28(36)35(30(32,37)38)16-29(17-43-18-29)45-31(39,40)41/h7-14,37-41H,3,15-18,32H2,1-2,4-6H3/b9-7-,21-8+. The summed E-state index contributed by atoms with van der Waals surface area (Å²) in [5.74, 6) is -2.57. The normalized spacial score (nSPS) is 16.6. The Labute approximate surface area is 262 Å². The fraction of sp³-hybridized carbons (Fsp3) is 0.387. The van der Waals surface area contributed by atoms with Gasteiger partial charge < -0.3 is 49.2 Å². The highest BCUT2D eigenvalue weighted by molar-refractivity contribution is 6.15. The number of benzene rings is 1. The predicted octanol–water partition coefficient (Wildman–Crippen LogP) is 0.204. The molecular formula is C31H40BN3O10. The monoisotopic (exact) mass is 625 g/mol. The third-order valence-corrected chi connectivity index (χ3v) is 7.62. The third kappa shape index (κ3) is 7.18. The Hall–Kier alpha value is -3.89. The number of likely N-dealkylation sites (N-methyl/N-ethyl adjacent to an activating group) is 1. The van der Waals surface area contributed by atoms with Crippen molar-refractivity contribution in [2.45, 2.75) is 31.4 Å². The van der Waals surface area contributed by atoms with Crippen LogP contribution in [0.1, 0.15) is 19.4 Å². The second-order valence-corrected chi connectivity index (χ2v) is 11.2. The molecule has 242 valence electrons. The quantitative estimate of drug-likeness (QED) is 0.0947. The van der Waals surface area contributed by atoms with Crippen LogP contribution in [0.15, 0.2) is 72.2 Å². The minimum absolute atomic E-state index is 0.100. The Balaban J connectivity index is 1.87. The lowest BCUT2D eigenvalue weighted by Gasteiger charge is -2.47. The van der Waals surface area contributed by atoms with Crippen LogP contribution in [-0.4, -0.2) is 112 Å². The first-order valence-corrected chi connectivity index (χ1v) is 14.2. The maximum atomic E-state index is 14.1. The van der Waals surface area contributed by atoms with Gasteiger partial charge in [-0.1, -0.05) is 18.7 Å². The number of aliphatic hydroxyl groups is 5. The molecule has 13 nitrogen and oxygen atoms in total. The summed E-state index contributed by atoms with van der Waals surface area (Å²) in [4.78, 5) is 16.6. The number of carbonyl (C=O) groups is 1. The molecule has 0 unspecified atom stereocenters. The van der Waals surface area contributed by atoms with E-state index in [9.17, 15) is 30.3 Å². The number of allylic oxidation sites excluding steroid dienone is 3. The Morgan fingerprint density at radius 3 is 2.38 bits per heavy atom. The van der Waals surface area contributed by atoms with Crippen LogP contribution in [-0.2, 0) is 21.3 Å². The smallest absolute Gasteiger partial charge is 0.405 e. The number of carbonyl (C=O) groups excluding carboxylic acids is 1. The molecule has 1 amide bonds. The van der Waals surface area contributed by atoms with Gasteiger partial charge in [0.25, 0.3) is 5.91 Å². The lowest BCUT2D eigenvalue weighted by molar-refractivity contribution is -0.497. The minimum atomic E-state index is -3.55. The Kier molecular flexibility index (Phi) is 9.71. The van der Waals surface area contributed by atoms with Gasteiger partial charge in [-0.25, -0.2) is 0 Å². The molecule has 1 saturated heterocycles. The summed E-state index contributed by atoms with van der Waals surface area (Å²) in [6.07, 6.45) is 5.99. The molecule has 14 heteroatoms. The number of nitrogens with zero attached hydrogens (tertiary/aromatic N) is 3. The molecule has 2 aromatic rings. The van der Waals surface area contributed by atoms with Crippen molar-refractivity contribution in [1.82, 2.24) is 14.4 Å². The average Bonchev–Trinajstić information content (AvgIpc) is 3.39. The summed E-state index contributed by atoms with van der Waals surface area (Å²) in [7, 11) is 6.28. The zero-order chi connectivity index (χ0) is 33.3. The van der Waals surface area contributed by atoms with Gasteiger partial charge in [0.05, 0.1) is 32.6 Å². The minimum Gasteiger partial charge on any atom is -0.496 e. The summed E-state index contributed by atoms with van der Waals surface area (Å²) in [5.41, 5.74) is 2.26. The number of fused-ring (bicyclic) bond motifs is 1. The summed E-state index contributed by atoms with van der Waals surface area (Å²) in [5, 5.41) is 49.8. The van der Waals surface area contributed by atoms with E-state index < -0.39 is 30.0 Å². The largest absolute Gasteiger partial charge is 0.496 e. The van der Waals surface area contributed by atoms with Crippen LogP contribution in [0, 0.1) is 0 Å². The van der Waals surface area contributed by atoms with Crippen molar-refractivity contribution in [3.05, 3.63) is 77.8 Å². The van der Waals surface area contributed by atoms with Crippen LogP contribution in [0.5, 0.6) is 11.5 Å². The fourth-order valence-corrected chi connectivity index (χ4v) is 5.42. The zero-order valence-electron chi connectivity index (χ0n) is 26.3. The third-order valence-electron chi connectivity index (χ3n) is 7.62. The maximum absolute atomic E-state index is 14.1. The fourth-order valence-electron chi connectivity index (χ4n) is 5.42. The average molecular weight is 625 g/mol. The van der Waals surface area contributed by atoms with E-state index in [0.717, 1.165) is 24.7 Å². The summed E-state index contributed by atoms with van der Waals surface area (Å²) >= 11 is 0. The van der Waals surface area contributed by atoms with Crippen molar-refractivity contribution in [2.24, 2.45) is 7.05 Å². The Morgan fingerprint density at radius 2 is 1.89 bits per heavy atom.